The van der Waals surface area contributed by atoms with E-state index in [-0.39, 0.29) is 11.9 Å². The van der Waals surface area contributed by atoms with Crippen LogP contribution in [-0.4, -0.2) is 23.5 Å². The van der Waals surface area contributed by atoms with Crippen molar-refractivity contribution in [1.82, 2.24) is 10.3 Å². The molecule has 0 aliphatic carbocycles. The van der Waals surface area contributed by atoms with Gasteiger partial charge < -0.3 is 15.1 Å². The molecule has 5 nitrogen and oxygen atoms in total. The van der Waals surface area contributed by atoms with Crippen LogP contribution in [0.3, 0.4) is 0 Å². The lowest BCUT2D eigenvalue weighted by molar-refractivity contribution is 0.0933. The third kappa shape index (κ3) is 4.63. The number of nitrogens with zero attached hydrogens (tertiary/aromatic N) is 1. The van der Waals surface area contributed by atoms with E-state index in [1.54, 1.807) is 18.5 Å². The van der Waals surface area contributed by atoms with Crippen LogP contribution >= 0.6 is 0 Å². The number of carbonyl (C=O) groups excluding carboxylic acids is 1. The van der Waals surface area contributed by atoms with Gasteiger partial charge in [-0.3, -0.25) is 4.79 Å². The number of aryl methyl sites for hydroxylation is 1. The topological polar surface area (TPSA) is 67.2 Å². The maximum Gasteiger partial charge on any atom is 0.270 e. The highest BCUT2D eigenvalue weighted by molar-refractivity contribution is 5.92. The molecule has 0 spiro atoms. The van der Waals surface area contributed by atoms with Crippen molar-refractivity contribution in [3.05, 3.63) is 48.2 Å². The molecule has 21 heavy (non-hydrogen) atoms. The van der Waals surface area contributed by atoms with Gasteiger partial charge >= 0.3 is 0 Å². The molecule has 2 rings (SSSR count). The van der Waals surface area contributed by atoms with Gasteiger partial charge in [-0.05, 0) is 44.5 Å². The molecule has 0 fully saturated rings. The summed E-state index contributed by atoms with van der Waals surface area (Å²) in [6.45, 7) is 4.83. The Morgan fingerprint density at radius 3 is 2.86 bits per heavy atom. The van der Waals surface area contributed by atoms with E-state index in [0.29, 0.717) is 5.69 Å². The molecule has 0 bridgehead atoms. The van der Waals surface area contributed by atoms with E-state index >= 15 is 0 Å². The molecule has 2 aromatic heterocycles. The monoisotopic (exact) mass is 287 g/mol. The molecule has 1 atom stereocenters. The SMILES string of the molecule is CCNc1ccc(C(=O)NC(C)CCc2ccco2)nc1. The molecule has 2 aromatic rings. The van der Waals surface area contributed by atoms with Crippen molar-refractivity contribution >= 4 is 11.6 Å². The summed E-state index contributed by atoms with van der Waals surface area (Å²) >= 11 is 0. The minimum atomic E-state index is -0.148. The van der Waals surface area contributed by atoms with Crippen LogP contribution in [0, 0.1) is 0 Å². The van der Waals surface area contributed by atoms with E-state index in [2.05, 4.69) is 15.6 Å². The minimum Gasteiger partial charge on any atom is -0.469 e. The first-order valence-electron chi connectivity index (χ1n) is 7.22. The second-order valence-corrected chi connectivity index (χ2v) is 4.95. The highest BCUT2D eigenvalue weighted by Crippen LogP contribution is 2.08. The van der Waals surface area contributed by atoms with E-state index < -0.39 is 0 Å². The Bertz CT molecular complexity index is 549. The Hall–Kier alpha value is -2.30. The van der Waals surface area contributed by atoms with E-state index in [1.165, 1.54) is 0 Å². The molecule has 2 heterocycles. The highest BCUT2D eigenvalue weighted by Gasteiger charge is 2.11. The molecule has 0 radical (unpaired) electrons. The van der Waals surface area contributed by atoms with Crippen LogP contribution in [-0.2, 0) is 6.42 Å². The lowest BCUT2D eigenvalue weighted by Crippen LogP contribution is -2.33. The van der Waals surface area contributed by atoms with Gasteiger partial charge in [0.15, 0.2) is 0 Å². The molecule has 2 N–H and O–H groups in total. The molecule has 1 unspecified atom stereocenters. The number of anilines is 1. The molecule has 1 amide bonds. The standard InChI is InChI=1S/C16H21N3O2/c1-3-17-13-7-9-15(18-11-13)16(20)19-12(2)6-8-14-5-4-10-21-14/h4-5,7,9-12,17H,3,6,8H2,1-2H3,(H,19,20). The lowest BCUT2D eigenvalue weighted by atomic mass is 10.1. The number of hydrogen-bond donors (Lipinski definition) is 2. The van der Waals surface area contributed by atoms with E-state index in [0.717, 1.165) is 30.8 Å². The maximum absolute atomic E-state index is 12.1. The number of pyridine rings is 1. The second-order valence-electron chi connectivity index (χ2n) is 4.95. The van der Waals surface area contributed by atoms with Crippen molar-refractivity contribution in [1.29, 1.82) is 0 Å². The summed E-state index contributed by atoms with van der Waals surface area (Å²) in [7, 11) is 0. The highest BCUT2D eigenvalue weighted by atomic mass is 16.3. The first-order chi connectivity index (χ1) is 10.2. The van der Waals surface area contributed by atoms with Gasteiger partial charge in [0, 0.05) is 19.0 Å². The fourth-order valence-corrected chi connectivity index (χ4v) is 2.02. The molecule has 0 aliphatic heterocycles. The minimum absolute atomic E-state index is 0.0674. The Morgan fingerprint density at radius 2 is 2.24 bits per heavy atom. The van der Waals surface area contributed by atoms with Gasteiger partial charge in [-0.25, -0.2) is 4.98 Å². The van der Waals surface area contributed by atoms with Crippen LogP contribution < -0.4 is 10.6 Å². The third-order valence-corrected chi connectivity index (χ3v) is 3.16. The van der Waals surface area contributed by atoms with Crippen molar-refractivity contribution in [2.45, 2.75) is 32.7 Å². The molecule has 0 aromatic carbocycles. The van der Waals surface area contributed by atoms with Gasteiger partial charge in [-0.1, -0.05) is 0 Å². The first-order valence-corrected chi connectivity index (χ1v) is 7.22. The molecular formula is C16H21N3O2. The largest absolute Gasteiger partial charge is 0.469 e. The van der Waals surface area contributed by atoms with Crippen molar-refractivity contribution in [2.75, 3.05) is 11.9 Å². The predicted octanol–water partition coefficient (Wildman–Crippen LogP) is 2.86. The van der Waals surface area contributed by atoms with Crippen molar-refractivity contribution in [3.8, 4) is 0 Å². The van der Waals surface area contributed by atoms with Crippen LogP contribution in [0.5, 0.6) is 0 Å². The van der Waals surface area contributed by atoms with Crippen LogP contribution in [0.25, 0.3) is 0 Å². The molecule has 112 valence electrons. The van der Waals surface area contributed by atoms with Gasteiger partial charge in [-0.2, -0.15) is 0 Å². The molecule has 0 saturated heterocycles. The normalized spacial score (nSPS) is 11.9. The smallest absolute Gasteiger partial charge is 0.270 e. The molecule has 0 saturated carbocycles. The summed E-state index contributed by atoms with van der Waals surface area (Å²) in [5.41, 5.74) is 1.35. The van der Waals surface area contributed by atoms with E-state index in [4.69, 9.17) is 4.42 Å². The number of rotatable bonds is 7. The number of furan rings is 1. The Labute approximate surface area is 124 Å². The van der Waals surface area contributed by atoms with Crippen molar-refractivity contribution in [2.24, 2.45) is 0 Å². The number of hydrogen-bond acceptors (Lipinski definition) is 4. The van der Waals surface area contributed by atoms with Crippen molar-refractivity contribution in [3.63, 3.8) is 0 Å². The molecule has 0 aliphatic rings. The molecule has 5 heteroatoms. The van der Waals surface area contributed by atoms with Gasteiger partial charge in [0.2, 0.25) is 0 Å². The Kier molecular flexibility index (Phi) is 5.37. The summed E-state index contributed by atoms with van der Waals surface area (Å²) in [5, 5.41) is 6.09. The first kappa shape index (κ1) is 15.1. The van der Waals surface area contributed by atoms with Crippen LogP contribution in [0.15, 0.2) is 41.1 Å². The number of aromatic nitrogens is 1. The second kappa shape index (κ2) is 7.47. The van der Waals surface area contributed by atoms with E-state index in [9.17, 15) is 4.79 Å². The average molecular weight is 287 g/mol. The number of amides is 1. The zero-order valence-corrected chi connectivity index (χ0v) is 12.4. The summed E-state index contributed by atoms with van der Waals surface area (Å²) in [6.07, 6.45) is 4.97. The summed E-state index contributed by atoms with van der Waals surface area (Å²) in [5.74, 6) is 0.786. The van der Waals surface area contributed by atoms with Crippen LogP contribution in [0.2, 0.25) is 0 Å². The number of nitrogens with one attached hydrogen (secondary N) is 2. The fourth-order valence-electron chi connectivity index (χ4n) is 2.02. The quantitative estimate of drug-likeness (QED) is 0.821. The summed E-state index contributed by atoms with van der Waals surface area (Å²) in [4.78, 5) is 16.2. The molecular weight excluding hydrogens is 266 g/mol. The van der Waals surface area contributed by atoms with Gasteiger partial charge in [0.05, 0.1) is 18.1 Å². The fraction of sp³-hybridized carbons (Fsp3) is 0.375. The Balaban J connectivity index is 1.82. The zero-order valence-electron chi connectivity index (χ0n) is 12.4. The summed E-state index contributed by atoms with van der Waals surface area (Å²) < 4.78 is 5.28. The van der Waals surface area contributed by atoms with Crippen LogP contribution in [0.4, 0.5) is 5.69 Å². The lowest BCUT2D eigenvalue weighted by Gasteiger charge is -2.13. The maximum atomic E-state index is 12.1. The van der Waals surface area contributed by atoms with Gasteiger partial charge in [-0.15, -0.1) is 0 Å². The van der Waals surface area contributed by atoms with Crippen LogP contribution in [0.1, 0.15) is 36.5 Å². The van der Waals surface area contributed by atoms with Crippen molar-refractivity contribution < 1.29 is 9.21 Å². The Morgan fingerprint density at radius 1 is 1.38 bits per heavy atom. The van der Waals surface area contributed by atoms with Gasteiger partial charge in [0.25, 0.3) is 5.91 Å². The third-order valence-electron chi connectivity index (χ3n) is 3.16. The zero-order chi connectivity index (χ0) is 15.1. The van der Waals surface area contributed by atoms with E-state index in [1.807, 2.05) is 32.0 Å². The van der Waals surface area contributed by atoms with Gasteiger partial charge in [0.1, 0.15) is 11.5 Å². The predicted molar refractivity (Wildman–Crippen MR) is 82.4 cm³/mol. The number of carbonyl (C=O) groups is 1. The summed E-state index contributed by atoms with van der Waals surface area (Å²) in [6, 6.07) is 7.47. The average Bonchev–Trinajstić information content (AvgIpc) is 2.99.